The molecule has 1 aromatic carbocycles. The van der Waals surface area contributed by atoms with Gasteiger partial charge in [0, 0.05) is 10.4 Å². The van der Waals surface area contributed by atoms with Crippen molar-refractivity contribution in [1.82, 2.24) is 4.98 Å². The quantitative estimate of drug-likeness (QED) is 0.686. The molecule has 0 N–H and O–H groups in total. The number of hydrogen-bond donors (Lipinski definition) is 0. The van der Waals surface area contributed by atoms with Crippen LogP contribution < -0.4 is 0 Å². The lowest BCUT2D eigenvalue weighted by atomic mass is 10.2. The monoisotopic (exact) mass is 222 g/mol. The first kappa shape index (κ1) is 9.26. The van der Waals surface area contributed by atoms with Crippen LogP contribution in [0.3, 0.4) is 0 Å². The van der Waals surface area contributed by atoms with Crippen molar-refractivity contribution in [3.63, 3.8) is 0 Å². The Kier molecular flexibility index (Phi) is 2.28. The number of fused-ring (bicyclic) bond motifs is 1. The van der Waals surface area contributed by atoms with Gasteiger partial charge in [-0.2, -0.15) is 5.26 Å². The summed E-state index contributed by atoms with van der Waals surface area (Å²) < 4.78 is 0. The van der Waals surface area contributed by atoms with E-state index < -0.39 is 0 Å². The average molecular weight is 223 g/mol. The maximum atomic E-state index is 8.66. The van der Waals surface area contributed by atoms with E-state index in [-0.39, 0.29) is 0 Å². The van der Waals surface area contributed by atoms with E-state index in [1.165, 1.54) is 0 Å². The van der Waals surface area contributed by atoms with Crippen LogP contribution in [0.15, 0.2) is 24.3 Å². The molecule has 2 nitrogen and oxygen atoms in total. The number of benzene rings is 1. The van der Waals surface area contributed by atoms with Crippen molar-refractivity contribution >= 4 is 34.1 Å². The van der Waals surface area contributed by atoms with Gasteiger partial charge < -0.3 is 0 Å². The van der Waals surface area contributed by atoms with Crippen LogP contribution in [0.1, 0.15) is 5.69 Å². The molecule has 1 heterocycles. The third-order valence-electron chi connectivity index (χ3n) is 1.84. The Bertz CT molecular complexity index is 544. The molecule has 4 heteroatoms. The lowest BCUT2D eigenvalue weighted by Crippen LogP contribution is -1.84. The molecule has 0 aliphatic carbocycles. The predicted molar refractivity (Wildman–Crippen MR) is 56.5 cm³/mol. The second kappa shape index (κ2) is 3.45. The summed E-state index contributed by atoms with van der Waals surface area (Å²) >= 11 is 11.8. The summed E-state index contributed by atoms with van der Waals surface area (Å²) in [5, 5.41) is 10.5. The Labute approximate surface area is 90.7 Å². The SMILES string of the molecule is N#Cc1ccc2c(Cl)cc(Cl)cc2n1. The van der Waals surface area contributed by atoms with Crippen molar-refractivity contribution in [2.24, 2.45) is 0 Å². The van der Waals surface area contributed by atoms with Gasteiger partial charge in [-0.3, -0.25) is 0 Å². The fourth-order valence-electron chi connectivity index (χ4n) is 1.22. The van der Waals surface area contributed by atoms with E-state index in [4.69, 9.17) is 28.5 Å². The molecule has 0 amide bonds. The molecule has 1 aromatic heterocycles. The Morgan fingerprint density at radius 3 is 2.71 bits per heavy atom. The summed E-state index contributed by atoms with van der Waals surface area (Å²) in [6.45, 7) is 0. The van der Waals surface area contributed by atoms with Gasteiger partial charge in [-0.1, -0.05) is 23.2 Å². The standard InChI is InChI=1S/C10H4Cl2N2/c11-6-3-9(12)8-2-1-7(5-13)14-10(8)4-6/h1-4H. The summed E-state index contributed by atoms with van der Waals surface area (Å²) in [5.41, 5.74) is 0.998. The first-order chi connectivity index (χ1) is 6.70. The highest BCUT2D eigenvalue weighted by Gasteiger charge is 2.03. The Hall–Kier alpha value is -1.30. The van der Waals surface area contributed by atoms with E-state index >= 15 is 0 Å². The predicted octanol–water partition coefficient (Wildman–Crippen LogP) is 3.41. The van der Waals surface area contributed by atoms with E-state index in [0.29, 0.717) is 21.3 Å². The van der Waals surface area contributed by atoms with Gasteiger partial charge in [0.1, 0.15) is 11.8 Å². The fourth-order valence-corrected chi connectivity index (χ4v) is 1.77. The maximum absolute atomic E-state index is 8.66. The fraction of sp³-hybridized carbons (Fsp3) is 0. The van der Waals surface area contributed by atoms with E-state index in [1.54, 1.807) is 24.3 Å². The van der Waals surface area contributed by atoms with Crippen LogP contribution in [0, 0.1) is 11.3 Å². The molecule has 0 radical (unpaired) electrons. The minimum absolute atomic E-state index is 0.357. The zero-order valence-corrected chi connectivity index (χ0v) is 8.47. The number of halogens is 2. The normalized spacial score (nSPS) is 10.1. The molecule has 0 saturated carbocycles. The Morgan fingerprint density at radius 2 is 2.00 bits per heavy atom. The van der Waals surface area contributed by atoms with Gasteiger partial charge in [-0.05, 0) is 24.3 Å². The van der Waals surface area contributed by atoms with Gasteiger partial charge in [0.2, 0.25) is 0 Å². The molecule has 0 atom stereocenters. The molecule has 0 aliphatic heterocycles. The van der Waals surface area contributed by atoms with Crippen molar-refractivity contribution in [2.75, 3.05) is 0 Å². The number of rotatable bonds is 0. The molecular formula is C10H4Cl2N2. The summed E-state index contributed by atoms with van der Waals surface area (Å²) in [6, 6.07) is 8.69. The number of nitrogens with zero attached hydrogens (tertiary/aromatic N) is 2. The van der Waals surface area contributed by atoms with Gasteiger partial charge in [0.25, 0.3) is 0 Å². The van der Waals surface area contributed by atoms with Crippen LogP contribution in [0.5, 0.6) is 0 Å². The summed E-state index contributed by atoms with van der Waals surface area (Å²) in [4.78, 5) is 4.09. The van der Waals surface area contributed by atoms with Crippen LogP contribution in [-0.4, -0.2) is 4.98 Å². The summed E-state index contributed by atoms with van der Waals surface area (Å²) in [6.07, 6.45) is 0. The largest absolute Gasteiger partial charge is 0.237 e. The molecule has 14 heavy (non-hydrogen) atoms. The highest BCUT2D eigenvalue weighted by molar-refractivity contribution is 6.38. The zero-order valence-electron chi connectivity index (χ0n) is 6.96. The van der Waals surface area contributed by atoms with E-state index in [9.17, 15) is 0 Å². The molecule has 0 bridgehead atoms. The first-order valence-corrected chi connectivity index (χ1v) is 4.62. The summed E-state index contributed by atoms with van der Waals surface area (Å²) in [7, 11) is 0. The molecule has 0 spiro atoms. The number of nitriles is 1. The smallest absolute Gasteiger partial charge is 0.141 e. The van der Waals surface area contributed by atoms with Crippen molar-refractivity contribution in [3.8, 4) is 6.07 Å². The lowest BCUT2D eigenvalue weighted by molar-refractivity contribution is 1.33. The van der Waals surface area contributed by atoms with E-state index in [0.717, 1.165) is 5.39 Å². The molecule has 0 unspecified atom stereocenters. The second-order valence-corrected chi connectivity index (χ2v) is 3.61. The maximum Gasteiger partial charge on any atom is 0.141 e. The summed E-state index contributed by atoms with van der Waals surface area (Å²) in [5.74, 6) is 0. The van der Waals surface area contributed by atoms with E-state index in [2.05, 4.69) is 4.98 Å². The van der Waals surface area contributed by atoms with Gasteiger partial charge in [-0.15, -0.1) is 0 Å². The minimum Gasteiger partial charge on any atom is -0.237 e. The average Bonchev–Trinajstić information content (AvgIpc) is 2.16. The molecule has 2 aromatic rings. The van der Waals surface area contributed by atoms with Crippen LogP contribution in [0.2, 0.25) is 10.0 Å². The molecule has 0 saturated heterocycles. The molecule has 68 valence electrons. The number of hydrogen-bond acceptors (Lipinski definition) is 2. The van der Waals surface area contributed by atoms with Gasteiger partial charge in [0.15, 0.2) is 0 Å². The number of pyridine rings is 1. The third-order valence-corrected chi connectivity index (χ3v) is 2.37. The zero-order chi connectivity index (χ0) is 10.1. The highest BCUT2D eigenvalue weighted by Crippen LogP contribution is 2.26. The topological polar surface area (TPSA) is 36.7 Å². The van der Waals surface area contributed by atoms with Crippen molar-refractivity contribution in [1.29, 1.82) is 5.26 Å². The van der Waals surface area contributed by atoms with Gasteiger partial charge in [0.05, 0.1) is 10.5 Å². The van der Waals surface area contributed by atoms with Gasteiger partial charge in [-0.25, -0.2) is 4.98 Å². The van der Waals surface area contributed by atoms with Crippen LogP contribution in [-0.2, 0) is 0 Å². The highest BCUT2D eigenvalue weighted by atomic mass is 35.5. The van der Waals surface area contributed by atoms with Crippen molar-refractivity contribution in [3.05, 3.63) is 40.0 Å². The minimum atomic E-state index is 0.357. The third kappa shape index (κ3) is 1.52. The van der Waals surface area contributed by atoms with Crippen LogP contribution >= 0.6 is 23.2 Å². The van der Waals surface area contributed by atoms with E-state index in [1.807, 2.05) is 6.07 Å². The van der Waals surface area contributed by atoms with Gasteiger partial charge >= 0.3 is 0 Å². The van der Waals surface area contributed by atoms with Crippen LogP contribution in [0.25, 0.3) is 10.9 Å². The first-order valence-electron chi connectivity index (χ1n) is 3.86. The second-order valence-electron chi connectivity index (χ2n) is 2.76. The Balaban J connectivity index is 2.83. The lowest BCUT2D eigenvalue weighted by Gasteiger charge is -2.00. The van der Waals surface area contributed by atoms with Crippen LogP contribution in [0.4, 0.5) is 0 Å². The molecule has 0 aliphatic rings. The molecule has 0 fully saturated rings. The number of aromatic nitrogens is 1. The van der Waals surface area contributed by atoms with Crippen molar-refractivity contribution < 1.29 is 0 Å². The Morgan fingerprint density at radius 1 is 1.21 bits per heavy atom. The van der Waals surface area contributed by atoms with Crippen molar-refractivity contribution in [2.45, 2.75) is 0 Å². The molecular weight excluding hydrogens is 219 g/mol. The molecule has 2 rings (SSSR count).